The summed E-state index contributed by atoms with van der Waals surface area (Å²) in [7, 11) is 1.23. The van der Waals surface area contributed by atoms with Crippen LogP contribution >= 0.6 is 0 Å². The van der Waals surface area contributed by atoms with Crippen molar-refractivity contribution in [2.75, 3.05) is 31.8 Å². The molecule has 0 saturated heterocycles. The van der Waals surface area contributed by atoms with E-state index < -0.39 is 35.4 Å². The van der Waals surface area contributed by atoms with E-state index in [1.54, 1.807) is 45.0 Å². The van der Waals surface area contributed by atoms with E-state index in [2.05, 4.69) is 5.32 Å². The number of carbonyl (C=O) groups excluding carboxylic acids is 3. The van der Waals surface area contributed by atoms with Gasteiger partial charge in [0, 0.05) is 18.8 Å². The van der Waals surface area contributed by atoms with Gasteiger partial charge in [-0.05, 0) is 40.7 Å². The van der Waals surface area contributed by atoms with Crippen molar-refractivity contribution in [2.24, 2.45) is 0 Å². The first kappa shape index (κ1) is 24.6. The molecule has 0 spiro atoms. The highest BCUT2D eigenvalue weighted by molar-refractivity contribution is 6.10. The van der Waals surface area contributed by atoms with Crippen molar-refractivity contribution in [1.29, 1.82) is 0 Å². The number of methoxy groups -OCH3 is 1. The summed E-state index contributed by atoms with van der Waals surface area (Å²) in [5, 5.41) is 2.65. The molecule has 0 saturated carbocycles. The lowest BCUT2D eigenvalue weighted by Crippen LogP contribution is -2.56. The minimum absolute atomic E-state index is 0.0937. The van der Waals surface area contributed by atoms with Crippen LogP contribution in [0.25, 0.3) is 0 Å². The predicted octanol–water partition coefficient (Wildman–Crippen LogP) is 2.72. The highest BCUT2D eigenvalue weighted by Crippen LogP contribution is 2.43. The van der Waals surface area contributed by atoms with Crippen molar-refractivity contribution >= 4 is 23.7 Å². The molecule has 0 aromatic heterocycles. The van der Waals surface area contributed by atoms with E-state index in [4.69, 9.17) is 18.9 Å². The minimum Gasteiger partial charge on any atom is -0.469 e. The van der Waals surface area contributed by atoms with E-state index in [1.165, 1.54) is 12.0 Å². The second-order valence-electron chi connectivity index (χ2n) is 8.06. The predicted molar refractivity (Wildman–Crippen MR) is 114 cm³/mol. The molecule has 0 radical (unpaired) electrons. The Kier molecular flexibility index (Phi) is 8.02. The number of anilines is 1. The van der Waals surface area contributed by atoms with Gasteiger partial charge < -0.3 is 29.2 Å². The number of nitrogens with one attached hydrogen (secondary N) is 1. The summed E-state index contributed by atoms with van der Waals surface area (Å²) in [6.45, 7) is 9.70. The fourth-order valence-corrected chi connectivity index (χ4v) is 3.48. The Bertz CT molecular complexity index is 799. The van der Waals surface area contributed by atoms with Gasteiger partial charge in [0.1, 0.15) is 5.60 Å². The van der Waals surface area contributed by atoms with E-state index in [0.29, 0.717) is 24.5 Å². The van der Waals surface area contributed by atoms with Gasteiger partial charge in [0.05, 0.1) is 25.8 Å². The van der Waals surface area contributed by atoms with E-state index >= 15 is 0 Å². The molecule has 0 fully saturated rings. The molecule has 0 unspecified atom stereocenters. The average molecular weight is 437 g/mol. The number of alkyl carbamates (subject to hydrolysis) is 1. The summed E-state index contributed by atoms with van der Waals surface area (Å²) in [4.78, 5) is 40.1. The Morgan fingerprint density at radius 3 is 2.29 bits per heavy atom. The lowest BCUT2D eigenvalue weighted by atomic mass is 9.88. The summed E-state index contributed by atoms with van der Waals surface area (Å²) in [5.41, 5.74) is -1.43. The molecule has 0 aliphatic carbocycles. The average Bonchev–Trinajstić information content (AvgIpc) is 2.89. The van der Waals surface area contributed by atoms with Crippen molar-refractivity contribution in [3.63, 3.8) is 0 Å². The zero-order chi connectivity index (χ0) is 23.2. The molecule has 31 heavy (non-hydrogen) atoms. The maximum absolute atomic E-state index is 13.7. The van der Waals surface area contributed by atoms with Gasteiger partial charge in [-0.25, -0.2) is 4.79 Å². The first-order chi connectivity index (χ1) is 14.6. The lowest BCUT2D eigenvalue weighted by molar-refractivity contribution is -0.146. The van der Waals surface area contributed by atoms with Gasteiger partial charge in [-0.3, -0.25) is 9.59 Å². The monoisotopic (exact) mass is 436 g/mol. The van der Waals surface area contributed by atoms with Crippen LogP contribution in [0.3, 0.4) is 0 Å². The van der Waals surface area contributed by atoms with Gasteiger partial charge in [0.15, 0.2) is 11.8 Å². The number of nitrogens with zero attached hydrogens (tertiary/aromatic N) is 1. The largest absolute Gasteiger partial charge is 0.469 e. The quantitative estimate of drug-likeness (QED) is 0.469. The Morgan fingerprint density at radius 2 is 1.74 bits per heavy atom. The third-order valence-electron chi connectivity index (χ3n) is 4.65. The lowest BCUT2D eigenvalue weighted by Gasteiger charge is -2.31. The molecule has 1 N–H and O–H groups in total. The van der Waals surface area contributed by atoms with Crippen molar-refractivity contribution in [2.45, 2.75) is 58.5 Å². The number of hydrogen-bond acceptors (Lipinski definition) is 7. The normalized spacial score (nSPS) is 18.2. The topological polar surface area (TPSA) is 103 Å². The van der Waals surface area contributed by atoms with Crippen molar-refractivity contribution < 1.29 is 33.3 Å². The molecule has 0 bridgehead atoms. The summed E-state index contributed by atoms with van der Waals surface area (Å²) >= 11 is 0. The number of ether oxygens (including phenoxy) is 4. The highest BCUT2D eigenvalue weighted by atomic mass is 16.7. The zero-order valence-corrected chi connectivity index (χ0v) is 19.0. The molecular formula is C22H32N2O7. The smallest absolute Gasteiger partial charge is 0.408 e. The van der Waals surface area contributed by atoms with E-state index in [9.17, 15) is 14.4 Å². The number of benzene rings is 1. The molecule has 1 heterocycles. The van der Waals surface area contributed by atoms with Gasteiger partial charge in [0.2, 0.25) is 0 Å². The van der Waals surface area contributed by atoms with E-state index in [1.807, 2.05) is 13.8 Å². The van der Waals surface area contributed by atoms with Crippen LogP contribution in [0.4, 0.5) is 10.5 Å². The molecule has 1 aliphatic heterocycles. The first-order valence-electron chi connectivity index (χ1n) is 10.3. The van der Waals surface area contributed by atoms with Crippen LogP contribution < -0.4 is 10.2 Å². The zero-order valence-electron chi connectivity index (χ0n) is 19.0. The minimum atomic E-state index is -1.67. The fourth-order valence-electron chi connectivity index (χ4n) is 3.48. The SMILES string of the molecule is CCOC(CN1C(=O)[C@](CC(=O)OC)(NC(=O)OC(C)(C)C)c2ccccc21)OCC. The van der Waals surface area contributed by atoms with Crippen LogP contribution in [0.1, 0.15) is 46.6 Å². The third-order valence-corrected chi connectivity index (χ3v) is 4.65. The molecule has 2 amide bonds. The van der Waals surface area contributed by atoms with Gasteiger partial charge in [0.25, 0.3) is 5.91 Å². The van der Waals surface area contributed by atoms with Crippen molar-refractivity contribution in [3.05, 3.63) is 29.8 Å². The van der Waals surface area contributed by atoms with Gasteiger partial charge >= 0.3 is 12.1 Å². The molecule has 172 valence electrons. The summed E-state index contributed by atoms with van der Waals surface area (Å²) in [6, 6.07) is 6.96. The number of esters is 1. The van der Waals surface area contributed by atoms with E-state index in [0.717, 1.165) is 0 Å². The third kappa shape index (κ3) is 5.74. The highest BCUT2D eigenvalue weighted by Gasteiger charge is 2.54. The summed E-state index contributed by atoms with van der Waals surface area (Å²) < 4.78 is 21.4. The van der Waals surface area contributed by atoms with Crippen LogP contribution in [-0.4, -0.2) is 56.7 Å². The van der Waals surface area contributed by atoms with Crippen molar-refractivity contribution in [3.8, 4) is 0 Å². The molecule has 9 heteroatoms. The maximum atomic E-state index is 13.7. The van der Waals surface area contributed by atoms with Crippen LogP contribution in [0.5, 0.6) is 0 Å². The van der Waals surface area contributed by atoms with E-state index in [-0.39, 0.29) is 13.0 Å². The number of para-hydroxylation sites is 1. The molecular weight excluding hydrogens is 404 g/mol. The molecule has 1 atom stereocenters. The molecule has 1 aromatic rings. The summed E-state index contributed by atoms with van der Waals surface area (Å²) in [5.74, 6) is -1.14. The number of carbonyl (C=O) groups is 3. The van der Waals surface area contributed by atoms with Gasteiger partial charge in [-0.1, -0.05) is 18.2 Å². The van der Waals surface area contributed by atoms with Crippen molar-refractivity contribution in [1.82, 2.24) is 5.32 Å². The molecule has 1 aliphatic rings. The number of rotatable bonds is 9. The standard InChI is InChI=1S/C22H32N2O7/c1-7-29-18(30-8-2)14-24-16-12-10-9-11-15(16)22(19(24)26,13-17(25)28-6)23-20(27)31-21(3,4)5/h9-12,18H,7-8,13-14H2,1-6H3,(H,23,27)/t22-/m1/s1. The number of fused-ring (bicyclic) bond motifs is 1. The van der Waals surface area contributed by atoms with Crippen LogP contribution in [0.2, 0.25) is 0 Å². The fraction of sp³-hybridized carbons (Fsp3) is 0.591. The molecule has 2 rings (SSSR count). The Morgan fingerprint density at radius 1 is 1.13 bits per heavy atom. The van der Waals surface area contributed by atoms with Crippen LogP contribution in [0, 0.1) is 0 Å². The number of amides is 2. The second-order valence-corrected chi connectivity index (χ2v) is 8.06. The maximum Gasteiger partial charge on any atom is 0.408 e. The van der Waals surface area contributed by atoms with Gasteiger partial charge in [-0.2, -0.15) is 0 Å². The Balaban J connectivity index is 2.50. The Hall–Kier alpha value is -2.65. The van der Waals surface area contributed by atoms with Crippen LogP contribution in [-0.2, 0) is 34.1 Å². The van der Waals surface area contributed by atoms with Crippen LogP contribution in [0.15, 0.2) is 24.3 Å². The number of hydrogen-bond donors (Lipinski definition) is 1. The molecule has 1 aromatic carbocycles. The Labute approximate surface area is 183 Å². The molecule has 9 nitrogen and oxygen atoms in total. The summed E-state index contributed by atoms with van der Waals surface area (Å²) in [6.07, 6.45) is -1.86. The first-order valence-corrected chi connectivity index (χ1v) is 10.3. The second kappa shape index (κ2) is 10.1. The van der Waals surface area contributed by atoms with Gasteiger partial charge in [-0.15, -0.1) is 0 Å².